The molecule has 0 spiro atoms. The minimum absolute atomic E-state index is 0.334. The normalized spacial score (nSPS) is 10.6. The van der Waals surface area contributed by atoms with Gasteiger partial charge in [-0.1, -0.05) is 6.07 Å². The first-order valence-corrected chi connectivity index (χ1v) is 6.22. The molecule has 1 heterocycles. The molecule has 6 heteroatoms. The average Bonchev–Trinajstić information content (AvgIpc) is 2.79. The van der Waals surface area contributed by atoms with Crippen molar-refractivity contribution in [2.45, 2.75) is 13.3 Å². The fraction of sp³-hybridized carbons (Fsp3) is 0.333. The number of nitrogens with zero attached hydrogens (tertiary/aromatic N) is 2. The average molecular weight is 268 g/mol. The summed E-state index contributed by atoms with van der Waals surface area (Å²) in [5.41, 5.74) is 0.852. The van der Waals surface area contributed by atoms with E-state index < -0.39 is 0 Å². The summed E-state index contributed by atoms with van der Waals surface area (Å²) < 4.78 is 27.7. The van der Waals surface area contributed by atoms with Gasteiger partial charge in [0.05, 0.1) is 6.61 Å². The molecular formula is C12H13FN2O2S. The highest BCUT2D eigenvalue weighted by Gasteiger charge is 2.08. The third-order valence-electron chi connectivity index (χ3n) is 2.33. The Morgan fingerprint density at radius 2 is 2.22 bits per heavy atom. The van der Waals surface area contributed by atoms with Crippen LogP contribution in [0.4, 0.5) is 4.39 Å². The molecule has 0 fully saturated rings. The lowest BCUT2D eigenvalue weighted by atomic mass is 10.2. The lowest BCUT2D eigenvalue weighted by Crippen LogP contribution is -1.96. The van der Waals surface area contributed by atoms with Gasteiger partial charge in [0.25, 0.3) is 5.19 Å². The molecule has 0 saturated carbocycles. The topological polar surface area (TPSA) is 44.2 Å². The fourth-order valence-electron chi connectivity index (χ4n) is 1.35. The molecular weight excluding hydrogens is 255 g/mol. The number of hydrogen-bond donors (Lipinski definition) is 0. The first-order valence-electron chi connectivity index (χ1n) is 5.44. The smallest absolute Gasteiger partial charge is 0.298 e. The highest BCUT2D eigenvalue weighted by molar-refractivity contribution is 7.07. The van der Waals surface area contributed by atoms with E-state index in [0.717, 1.165) is 17.1 Å². The molecule has 2 rings (SSSR count). The molecule has 4 nitrogen and oxygen atoms in total. The van der Waals surface area contributed by atoms with Crippen LogP contribution in [0.25, 0.3) is 0 Å². The van der Waals surface area contributed by atoms with Crippen molar-refractivity contribution in [1.82, 2.24) is 9.36 Å². The van der Waals surface area contributed by atoms with Gasteiger partial charge < -0.3 is 9.47 Å². The molecule has 0 N–H and O–H groups in total. The zero-order valence-corrected chi connectivity index (χ0v) is 11.0. The summed E-state index contributed by atoms with van der Waals surface area (Å²) in [4.78, 5) is 4.20. The third-order valence-corrected chi connectivity index (χ3v) is 2.96. The van der Waals surface area contributed by atoms with E-state index in [4.69, 9.17) is 9.47 Å². The number of ether oxygens (including phenoxy) is 2. The van der Waals surface area contributed by atoms with Crippen molar-refractivity contribution in [3.05, 3.63) is 35.4 Å². The number of halogens is 1. The Hall–Kier alpha value is -1.53. The molecule has 0 atom stereocenters. The second-order valence-electron chi connectivity index (χ2n) is 3.73. The van der Waals surface area contributed by atoms with Gasteiger partial charge >= 0.3 is 0 Å². The van der Waals surface area contributed by atoms with E-state index in [9.17, 15) is 4.39 Å². The van der Waals surface area contributed by atoms with Crippen LogP contribution in [0.1, 0.15) is 11.4 Å². The first kappa shape index (κ1) is 12.9. The van der Waals surface area contributed by atoms with Crippen molar-refractivity contribution in [3.8, 4) is 10.9 Å². The zero-order valence-electron chi connectivity index (χ0n) is 10.1. The van der Waals surface area contributed by atoms with Crippen LogP contribution in [0.5, 0.6) is 10.9 Å². The highest BCUT2D eigenvalue weighted by Crippen LogP contribution is 2.26. The predicted octanol–water partition coefficient (Wildman–Crippen LogP) is 2.97. The van der Waals surface area contributed by atoms with Crippen LogP contribution in [0.15, 0.2) is 18.2 Å². The van der Waals surface area contributed by atoms with Crippen LogP contribution >= 0.6 is 11.5 Å². The summed E-state index contributed by atoms with van der Waals surface area (Å²) in [5.74, 6) is 0.801. The molecule has 0 aliphatic carbocycles. The van der Waals surface area contributed by atoms with E-state index in [1.165, 1.54) is 12.1 Å². The van der Waals surface area contributed by atoms with Crippen LogP contribution in [0.2, 0.25) is 0 Å². The molecule has 0 aliphatic heterocycles. The van der Waals surface area contributed by atoms with Gasteiger partial charge in [-0.3, -0.25) is 0 Å². The van der Waals surface area contributed by atoms with Crippen LogP contribution in [-0.4, -0.2) is 23.1 Å². The SMILES string of the molecule is COCCc1nsc(Oc2cc(F)ccc2C)n1. The van der Waals surface area contributed by atoms with Gasteiger partial charge in [-0.25, -0.2) is 4.39 Å². The minimum Gasteiger partial charge on any atom is -0.429 e. The van der Waals surface area contributed by atoms with E-state index in [1.807, 2.05) is 6.92 Å². The molecule has 0 amide bonds. The van der Waals surface area contributed by atoms with E-state index in [-0.39, 0.29) is 5.82 Å². The van der Waals surface area contributed by atoms with Crippen molar-refractivity contribution in [2.24, 2.45) is 0 Å². The Labute approximate surface area is 109 Å². The molecule has 0 aliphatic rings. The minimum atomic E-state index is -0.334. The highest BCUT2D eigenvalue weighted by atomic mass is 32.1. The van der Waals surface area contributed by atoms with Crippen LogP contribution < -0.4 is 4.74 Å². The maximum Gasteiger partial charge on any atom is 0.298 e. The van der Waals surface area contributed by atoms with Crippen LogP contribution in [-0.2, 0) is 11.2 Å². The number of methoxy groups -OCH3 is 1. The Kier molecular flexibility index (Phi) is 4.22. The summed E-state index contributed by atoms with van der Waals surface area (Å²) in [6.45, 7) is 2.41. The Balaban J connectivity index is 2.08. The second-order valence-corrected chi connectivity index (χ2v) is 4.45. The maximum atomic E-state index is 13.1. The van der Waals surface area contributed by atoms with Crippen molar-refractivity contribution in [3.63, 3.8) is 0 Å². The molecule has 1 aromatic carbocycles. The van der Waals surface area contributed by atoms with Gasteiger partial charge in [0.1, 0.15) is 17.4 Å². The molecule has 18 heavy (non-hydrogen) atoms. The standard InChI is InChI=1S/C12H13FN2O2S/c1-8-3-4-9(13)7-10(8)17-12-14-11(15-18-12)5-6-16-2/h3-4,7H,5-6H2,1-2H3. The van der Waals surface area contributed by atoms with Gasteiger partial charge in [0.2, 0.25) is 0 Å². The predicted molar refractivity (Wildman–Crippen MR) is 66.7 cm³/mol. The van der Waals surface area contributed by atoms with E-state index in [2.05, 4.69) is 9.36 Å². The summed E-state index contributed by atoms with van der Waals surface area (Å²) in [7, 11) is 1.62. The molecule has 0 radical (unpaired) electrons. The maximum absolute atomic E-state index is 13.1. The number of benzene rings is 1. The number of aromatic nitrogens is 2. The van der Waals surface area contributed by atoms with Gasteiger partial charge in [-0.2, -0.15) is 9.36 Å². The Bertz CT molecular complexity index is 531. The molecule has 0 unspecified atom stereocenters. The van der Waals surface area contributed by atoms with Crippen molar-refractivity contribution < 1.29 is 13.9 Å². The fourth-order valence-corrected chi connectivity index (χ4v) is 1.94. The lowest BCUT2D eigenvalue weighted by Gasteiger charge is -2.04. The van der Waals surface area contributed by atoms with Gasteiger partial charge in [-0.15, -0.1) is 0 Å². The second kappa shape index (κ2) is 5.88. The Morgan fingerprint density at radius 1 is 1.39 bits per heavy atom. The molecule has 96 valence electrons. The van der Waals surface area contributed by atoms with Crippen molar-refractivity contribution in [1.29, 1.82) is 0 Å². The van der Waals surface area contributed by atoms with Gasteiger partial charge in [-0.05, 0) is 18.6 Å². The Morgan fingerprint density at radius 3 is 3.00 bits per heavy atom. The summed E-state index contributed by atoms with van der Waals surface area (Å²) in [6, 6.07) is 4.40. The summed E-state index contributed by atoms with van der Waals surface area (Å²) in [6.07, 6.45) is 0.637. The lowest BCUT2D eigenvalue weighted by molar-refractivity contribution is 0.200. The molecule has 0 bridgehead atoms. The van der Waals surface area contributed by atoms with Crippen LogP contribution in [0, 0.1) is 12.7 Å². The van der Waals surface area contributed by atoms with E-state index >= 15 is 0 Å². The quantitative estimate of drug-likeness (QED) is 0.836. The number of rotatable bonds is 5. The molecule has 0 saturated heterocycles. The van der Waals surface area contributed by atoms with Gasteiger partial charge in [0.15, 0.2) is 0 Å². The summed E-state index contributed by atoms with van der Waals surface area (Å²) in [5, 5.41) is 0.412. The largest absolute Gasteiger partial charge is 0.429 e. The third kappa shape index (κ3) is 3.24. The van der Waals surface area contributed by atoms with Gasteiger partial charge in [0, 0.05) is 31.1 Å². The van der Waals surface area contributed by atoms with E-state index in [0.29, 0.717) is 29.8 Å². The summed E-state index contributed by atoms with van der Waals surface area (Å²) >= 11 is 1.15. The monoisotopic (exact) mass is 268 g/mol. The first-order chi connectivity index (χ1) is 8.69. The van der Waals surface area contributed by atoms with Crippen molar-refractivity contribution >= 4 is 11.5 Å². The molecule has 2 aromatic rings. The zero-order chi connectivity index (χ0) is 13.0. The van der Waals surface area contributed by atoms with Crippen molar-refractivity contribution in [2.75, 3.05) is 13.7 Å². The van der Waals surface area contributed by atoms with E-state index in [1.54, 1.807) is 13.2 Å². The van der Waals surface area contributed by atoms with Crippen LogP contribution in [0.3, 0.4) is 0 Å². The number of aryl methyl sites for hydroxylation is 1. The number of hydrogen-bond acceptors (Lipinski definition) is 5. The molecule has 1 aromatic heterocycles.